The minimum atomic E-state index is -0.448. The lowest BCUT2D eigenvalue weighted by molar-refractivity contribution is -0.127. The third-order valence-electron chi connectivity index (χ3n) is 3.76. The Hall–Kier alpha value is -0.410. The minimum Gasteiger partial charge on any atom is -0.378 e. The highest BCUT2D eigenvalue weighted by Gasteiger charge is 2.38. The van der Waals surface area contributed by atoms with E-state index in [1.807, 2.05) is 0 Å². The molecule has 1 saturated heterocycles. The third kappa shape index (κ3) is 2.58. The van der Waals surface area contributed by atoms with Crippen LogP contribution in [0.15, 0.2) is 0 Å². The van der Waals surface area contributed by atoms with E-state index in [2.05, 4.69) is 0 Å². The molecular weight excluding hydrogens is 190 g/mol. The first-order chi connectivity index (χ1) is 7.21. The van der Waals surface area contributed by atoms with Gasteiger partial charge in [-0.25, -0.2) is 0 Å². The third-order valence-corrected chi connectivity index (χ3v) is 3.76. The number of nitrogens with two attached hydrogens (primary N) is 1. The Morgan fingerprint density at radius 2 is 2.20 bits per heavy atom. The molecule has 2 rings (SSSR count). The molecular formula is C12H21NO2. The van der Waals surface area contributed by atoms with Crippen LogP contribution >= 0.6 is 0 Å². The van der Waals surface area contributed by atoms with Crippen molar-refractivity contribution < 1.29 is 9.53 Å². The van der Waals surface area contributed by atoms with Gasteiger partial charge in [0.1, 0.15) is 0 Å². The molecule has 2 fully saturated rings. The van der Waals surface area contributed by atoms with Crippen LogP contribution in [-0.2, 0) is 9.53 Å². The van der Waals surface area contributed by atoms with Gasteiger partial charge in [0.15, 0.2) is 5.78 Å². The Labute approximate surface area is 91.4 Å². The number of hydrogen-bond donors (Lipinski definition) is 1. The quantitative estimate of drug-likeness (QED) is 0.754. The molecule has 3 heteroatoms. The van der Waals surface area contributed by atoms with Crippen molar-refractivity contribution in [3.05, 3.63) is 0 Å². The van der Waals surface area contributed by atoms with E-state index >= 15 is 0 Å². The smallest absolute Gasteiger partial charge is 0.152 e. The van der Waals surface area contributed by atoms with Crippen LogP contribution in [-0.4, -0.2) is 24.0 Å². The molecule has 86 valence electrons. The molecule has 0 radical (unpaired) electrons. The molecule has 1 heterocycles. The van der Waals surface area contributed by atoms with Crippen molar-refractivity contribution in [1.82, 2.24) is 0 Å². The number of ketones is 1. The first kappa shape index (κ1) is 11.1. The maximum Gasteiger partial charge on any atom is 0.152 e. The molecule has 15 heavy (non-hydrogen) atoms. The van der Waals surface area contributed by atoms with Gasteiger partial charge in [-0.3, -0.25) is 4.79 Å². The van der Waals surface area contributed by atoms with Gasteiger partial charge in [0.2, 0.25) is 0 Å². The van der Waals surface area contributed by atoms with Crippen LogP contribution in [0.3, 0.4) is 0 Å². The van der Waals surface area contributed by atoms with E-state index in [-0.39, 0.29) is 5.78 Å². The second-order valence-corrected chi connectivity index (χ2v) is 4.96. The van der Waals surface area contributed by atoms with E-state index in [1.54, 1.807) is 0 Å². The lowest BCUT2D eigenvalue weighted by Gasteiger charge is -2.36. The Kier molecular flexibility index (Phi) is 3.42. The first-order valence-electron chi connectivity index (χ1n) is 6.14. The Morgan fingerprint density at radius 3 is 2.73 bits per heavy atom. The summed E-state index contributed by atoms with van der Waals surface area (Å²) in [6, 6.07) is 0. The summed E-state index contributed by atoms with van der Waals surface area (Å²) in [4.78, 5) is 11.8. The average Bonchev–Trinajstić information content (AvgIpc) is 2.66. The lowest BCUT2D eigenvalue weighted by atomic mass is 9.73. The largest absolute Gasteiger partial charge is 0.378 e. The maximum atomic E-state index is 11.8. The van der Waals surface area contributed by atoms with E-state index in [9.17, 15) is 4.79 Å². The molecule has 0 aromatic rings. The first-order valence-corrected chi connectivity index (χ1v) is 6.14. The number of Topliss-reactive ketones (excluding diaryl/α,β-unsaturated/α-hetero) is 1. The van der Waals surface area contributed by atoms with Crippen LogP contribution in [0.2, 0.25) is 0 Å². The highest BCUT2D eigenvalue weighted by atomic mass is 16.5. The second-order valence-electron chi connectivity index (χ2n) is 4.96. The van der Waals surface area contributed by atoms with Crippen molar-refractivity contribution in [2.24, 2.45) is 5.73 Å². The molecule has 1 aliphatic heterocycles. The lowest BCUT2D eigenvalue weighted by Crippen LogP contribution is -2.53. The van der Waals surface area contributed by atoms with Crippen molar-refractivity contribution in [2.75, 3.05) is 6.61 Å². The molecule has 2 aliphatic rings. The van der Waals surface area contributed by atoms with E-state index in [0.717, 1.165) is 38.7 Å². The average molecular weight is 211 g/mol. The van der Waals surface area contributed by atoms with Gasteiger partial charge in [-0.15, -0.1) is 0 Å². The zero-order chi connectivity index (χ0) is 10.7. The summed E-state index contributed by atoms with van der Waals surface area (Å²) >= 11 is 0. The molecule has 0 aromatic heterocycles. The summed E-state index contributed by atoms with van der Waals surface area (Å²) < 4.78 is 5.52. The molecule has 0 aromatic carbocycles. The Bertz CT molecular complexity index is 230. The van der Waals surface area contributed by atoms with E-state index in [0.29, 0.717) is 12.5 Å². The molecule has 0 spiro atoms. The molecule has 1 aliphatic carbocycles. The van der Waals surface area contributed by atoms with Crippen molar-refractivity contribution in [2.45, 2.75) is 63.0 Å². The summed E-state index contributed by atoms with van der Waals surface area (Å²) in [6.45, 7) is 0.902. The molecule has 0 amide bonds. The SMILES string of the molecule is NC1(C(=O)CCCC2CCCO2)CCC1. The summed E-state index contributed by atoms with van der Waals surface area (Å²) in [5.74, 6) is 0.270. The van der Waals surface area contributed by atoms with Crippen LogP contribution in [0.5, 0.6) is 0 Å². The molecule has 1 saturated carbocycles. The number of carbonyl (C=O) groups is 1. The van der Waals surface area contributed by atoms with Crippen LogP contribution < -0.4 is 5.73 Å². The second kappa shape index (κ2) is 4.62. The van der Waals surface area contributed by atoms with Crippen LogP contribution in [0.25, 0.3) is 0 Å². The van der Waals surface area contributed by atoms with Gasteiger partial charge in [0.25, 0.3) is 0 Å². The highest BCUT2D eigenvalue weighted by molar-refractivity contribution is 5.89. The van der Waals surface area contributed by atoms with Crippen molar-refractivity contribution in [3.8, 4) is 0 Å². The summed E-state index contributed by atoms with van der Waals surface area (Å²) in [5, 5.41) is 0. The van der Waals surface area contributed by atoms with Gasteiger partial charge >= 0.3 is 0 Å². The van der Waals surface area contributed by atoms with Gasteiger partial charge in [-0.1, -0.05) is 0 Å². The molecule has 1 atom stereocenters. The van der Waals surface area contributed by atoms with Gasteiger partial charge in [0, 0.05) is 13.0 Å². The van der Waals surface area contributed by atoms with Crippen molar-refractivity contribution in [3.63, 3.8) is 0 Å². The highest BCUT2D eigenvalue weighted by Crippen LogP contribution is 2.31. The molecule has 0 bridgehead atoms. The number of rotatable bonds is 5. The van der Waals surface area contributed by atoms with Crippen LogP contribution in [0, 0.1) is 0 Å². The number of ether oxygens (including phenoxy) is 1. The van der Waals surface area contributed by atoms with Gasteiger partial charge in [0.05, 0.1) is 11.6 Å². The van der Waals surface area contributed by atoms with E-state index in [4.69, 9.17) is 10.5 Å². The predicted molar refractivity (Wildman–Crippen MR) is 58.6 cm³/mol. The van der Waals surface area contributed by atoms with Gasteiger partial charge in [-0.2, -0.15) is 0 Å². The van der Waals surface area contributed by atoms with Crippen LogP contribution in [0.1, 0.15) is 51.4 Å². The maximum absolute atomic E-state index is 11.8. The topological polar surface area (TPSA) is 52.3 Å². The number of hydrogen-bond acceptors (Lipinski definition) is 3. The summed E-state index contributed by atoms with van der Waals surface area (Å²) in [6.07, 6.45) is 8.29. The van der Waals surface area contributed by atoms with Crippen molar-refractivity contribution >= 4 is 5.78 Å². The summed E-state index contributed by atoms with van der Waals surface area (Å²) in [5.41, 5.74) is 5.51. The van der Waals surface area contributed by atoms with E-state index < -0.39 is 5.54 Å². The minimum absolute atomic E-state index is 0.270. The standard InChI is InChI=1S/C12H21NO2/c13-12(7-3-8-12)11(14)6-1-4-10-5-2-9-15-10/h10H,1-9,13H2. The molecule has 2 N–H and O–H groups in total. The zero-order valence-corrected chi connectivity index (χ0v) is 9.34. The van der Waals surface area contributed by atoms with Crippen molar-refractivity contribution in [1.29, 1.82) is 0 Å². The fourth-order valence-electron chi connectivity index (χ4n) is 2.45. The van der Waals surface area contributed by atoms with Gasteiger partial charge in [-0.05, 0) is 44.9 Å². The fraction of sp³-hybridized carbons (Fsp3) is 0.917. The van der Waals surface area contributed by atoms with E-state index in [1.165, 1.54) is 12.8 Å². The Morgan fingerprint density at radius 1 is 1.40 bits per heavy atom. The zero-order valence-electron chi connectivity index (χ0n) is 9.34. The fourth-order valence-corrected chi connectivity index (χ4v) is 2.45. The predicted octanol–water partition coefficient (Wildman–Crippen LogP) is 1.79. The monoisotopic (exact) mass is 211 g/mol. The number of carbonyl (C=O) groups excluding carboxylic acids is 1. The van der Waals surface area contributed by atoms with Crippen LogP contribution in [0.4, 0.5) is 0 Å². The molecule has 1 unspecified atom stereocenters. The normalized spacial score (nSPS) is 28.7. The molecule has 3 nitrogen and oxygen atoms in total. The Balaban J connectivity index is 1.62. The summed E-state index contributed by atoms with van der Waals surface area (Å²) in [7, 11) is 0. The van der Waals surface area contributed by atoms with Gasteiger partial charge < -0.3 is 10.5 Å².